The molecule has 1 aromatic carbocycles. The van der Waals surface area contributed by atoms with Gasteiger partial charge < -0.3 is 24.2 Å². The van der Waals surface area contributed by atoms with Gasteiger partial charge in [0.15, 0.2) is 0 Å². The zero-order valence-electron chi connectivity index (χ0n) is 19.0. The maximum atomic E-state index is 12.4. The highest BCUT2D eigenvalue weighted by Crippen LogP contribution is 2.33. The minimum atomic E-state index is -0.675. The van der Waals surface area contributed by atoms with E-state index in [1.807, 2.05) is 33.8 Å². The van der Waals surface area contributed by atoms with Crippen LogP contribution < -0.4 is 4.74 Å². The lowest BCUT2D eigenvalue weighted by Gasteiger charge is -2.21. The van der Waals surface area contributed by atoms with Gasteiger partial charge in [0.05, 0.1) is 5.70 Å². The van der Waals surface area contributed by atoms with Gasteiger partial charge in [-0.3, -0.25) is 9.59 Å². The molecule has 32 heavy (non-hydrogen) atoms. The van der Waals surface area contributed by atoms with Gasteiger partial charge in [-0.1, -0.05) is 17.7 Å². The Morgan fingerprint density at radius 2 is 1.38 bits per heavy atom. The van der Waals surface area contributed by atoms with Crippen molar-refractivity contribution < 1.29 is 23.9 Å². The van der Waals surface area contributed by atoms with Gasteiger partial charge in [-0.15, -0.1) is 0 Å². The number of rotatable bonds is 4. The molecule has 0 N–H and O–H groups in total. The van der Waals surface area contributed by atoms with E-state index in [4.69, 9.17) is 9.47 Å². The number of nitrogens with zero attached hydrogens (tertiary/aromatic N) is 3. The van der Waals surface area contributed by atoms with Gasteiger partial charge in [-0.2, -0.15) is 0 Å². The molecule has 0 unspecified atom stereocenters. The summed E-state index contributed by atoms with van der Waals surface area (Å²) in [6.07, 6.45) is 0.849. The molecule has 8 nitrogen and oxygen atoms in total. The van der Waals surface area contributed by atoms with Gasteiger partial charge in [0.1, 0.15) is 22.7 Å². The third-order valence-corrected chi connectivity index (χ3v) is 5.10. The van der Waals surface area contributed by atoms with Crippen molar-refractivity contribution in [3.8, 4) is 5.75 Å². The summed E-state index contributed by atoms with van der Waals surface area (Å²) in [5.74, 6) is 0.544. The molecule has 3 aliphatic heterocycles. The lowest BCUT2D eigenvalue weighted by molar-refractivity contribution is -0.117. The molecule has 5 rings (SSSR count). The van der Waals surface area contributed by atoms with E-state index in [-0.39, 0.29) is 11.6 Å². The van der Waals surface area contributed by atoms with Crippen LogP contribution in [0.5, 0.6) is 5.75 Å². The Labute approximate surface area is 188 Å². The molecule has 8 heteroatoms. The maximum Gasteiger partial charge on any atom is 0.514 e. The topological polar surface area (TPSA) is 78.7 Å². The SMILES string of the molecule is Cc1ccc(OC(=O)OC(C)(C)C)cc1.O=C1C=C(N2CC2)C(=O)C(N2CC2)=C1N1CC1. The molecule has 3 saturated heterocycles. The summed E-state index contributed by atoms with van der Waals surface area (Å²) in [5.41, 5.74) is 2.48. The van der Waals surface area contributed by atoms with Crippen LogP contribution in [-0.2, 0) is 14.3 Å². The monoisotopic (exact) mass is 439 g/mol. The first-order valence-electron chi connectivity index (χ1n) is 10.9. The van der Waals surface area contributed by atoms with E-state index in [1.54, 1.807) is 32.9 Å². The Balaban J connectivity index is 0.000000155. The molecule has 170 valence electrons. The normalized spacial score (nSPS) is 19.2. The summed E-state index contributed by atoms with van der Waals surface area (Å²) in [6, 6.07) is 7.22. The number of benzene rings is 1. The predicted molar refractivity (Wildman–Crippen MR) is 118 cm³/mol. The lowest BCUT2D eigenvalue weighted by atomic mass is 10.0. The molecule has 0 aromatic heterocycles. The van der Waals surface area contributed by atoms with Crippen LogP contribution in [-0.4, -0.2) is 77.3 Å². The van der Waals surface area contributed by atoms with E-state index >= 15 is 0 Å². The summed E-state index contributed by atoms with van der Waals surface area (Å²) in [7, 11) is 0. The predicted octanol–water partition coefficient (Wildman–Crippen LogP) is 2.49. The number of aryl methyl sites for hydroxylation is 1. The quantitative estimate of drug-likeness (QED) is 0.307. The summed E-state index contributed by atoms with van der Waals surface area (Å²) in [4.78, 5) is 41.7. The molecule has 0 radical (unpaired) electrons. The second kappa shape index (κ2) is 8.33. The first kappa shape index (κ1) is 21.9. The summed E-state index contributed by atoms with van der Waals surface area (Å²) >= 11 is 0. The van der Waals surface area contributed by atoms with E-state index in [1.165, 1.54) is 6.08 Å². The number of Topliss-reactive ketones (excluding diaryl/α,β-unsaturated/α-hetero) is 1. The first-order chi connectivity index (χ1) is 15.1. The van der Waals surface area contributed by atoms with Crippen LogP contribution in [0.25, 0.3) is 0 Å². The lowest BCUT2D eigenvalue weighted by Crippen LogP contribution is -2.29. The Hall–Kier alpha value is -3.29. The molecule has 3 heterocycles. The number of allylic oxidation sites excluding steroid dienone is 1. The average Bonchev–Trinajstić information content (AvgIpc) is 3.52. The number of carbonyl (C=O) groups is 3. The Morgan fingerprint density at radius 3 is 1.88 bits per heavy atom. The molecule has 0 amide bonds. The van der Waals surface area contributed by atoms with Crippen LogP contribution in [0.2, 0.25) is 0 Å². The van der Waals surface area contributed by atoms with Gasteiger partial charge in [-0.05, 0) is 39.8 Å². The fraction of sp³-hybridized carbons (Fsp3) is 0.458. The molecular weight excluding hydrogens is 410 g/mol. The standard InChI is InChI=1S/C12H13N3O2.C12H16O3/c16-9-7-8(13-1-2-13)12(17)11(15-5-6-15)10(9)14-3-4-14;1-9-5-7-10(8-6-9)14-11(13)15-12(2,3)4/h7H,1-6H2;5-8H,1-4H3. The van der Waals surface area contributed by atoms with E-state index in [0.29, 0.717) is 22.8 Å². The van der Waals surface area contributed by atoms with Crippen molar-refractivity contribution in [2.24, 2.45) is 0 Å². The summed E-state index contributed by atoms with van der Waals surface area (Å²) < 4.78 is 9.99. The van der Waals surface area contributed by atoms with Crippen LogP contribution in [0.15, 0.2) is 47.4 Å². The third-order valence-electron chi connectivity index (χ3n) is 5.10. The third kappa shape index (κ3) is 5.49. The second-order valence-corrected chi connectivity index (χ2v) is 9.26. The summed E-state index contributed by atoms with van der Waals surface area (Å²) in [6.45, 7) is 12.8. The number of carbonyl (C=O) groups excluding carboxylic acids is 3. The van der Waals surface area contributed by atoms with E-state index in [9.17, 15) is 14.4 Å². The van der Waals surface area contributed by atoms with Crippen LogP contribution in [0.4, 0.5) is 4.79 Å². The summed E-state index contributed by atoms with van der Waals surface area (Å²) in [5, 5.41) is 0. The molecule has 0 spiro atoms. The average molecular weight is 440 g/mol. The van der Waals surface area contributed by atoms with Crippen LogP contribution in [0.1, 0.15) is 26.3 Å². The minimum absolute atomic E-state index is 0.00546. The van der Waals surface area contributed by atoms with Gasteiger partial charge in [0.2, 0.25) is 11.6 Å². The molecule has 0 atom stereocenters. The Kier molecular flexibility index (Phi) is 5.71. The maximum absolute atomic E-state index is 12.4. The largest absolute Gasteiger partial charge is 0.514 e. The minimum Gasteiger partial charge on any atom is -0.428 e. The van der Waals surface area contributed by atoms with Gasteiger partial charge in [0, 0.05) is 45.3 Å². The van der Waals surface area contributed by atoms with E-state index < -0.39 is 11.8 Å². The van der Waals surface area contributed by atoms with Gasteiger partial charge in [-0.25, -0.2) is 4.79 Å². The molecule has 4 aliphatic rings. The van der Waals surface area contributed by atoms with Gasteiger partial charge in [0.25, 0.3) is 0 Å². The molecule has 1 aromatic rings. The number of hydrogen-bond donors (Lipinski definition) is 0. The number of ether oxygens (including phenoxy) is 2. The Morgan fingerprint density at radius 1 is 0.844 bits per heavy atom. The highest BCUT2D eigenvalue weighted by molar-refractivity contribution is 6.22. The first-order valence-corrected chi connectivity index (χ1v) is 10.9. The highest BCUT2D eigenvalue weighted by Gasteiger charge is 2.43. The van der Waals surface area contributed by atoms with Crippen LogP contribution in [0.3, 0.4) is 0 Å². The molecule has 1 aliphatic carbocycles. The van der Waals surface area contributed by atoms with Crippen molar-refractivity contribution in [1.29, 1.82) is 0 Å². The zero-order valence-corrected chi connectivity index (χ0v) is 19.0. The van der Waals surface area contributed by atoms with Crippen LogP contribution in [0, 0.1) is 6.92 Å². The van der Waals surface area contributed by atoms with Crippen molar-refractivity contribution in [2.45, 2.75) is 33.3 Å². The van der Waals surface area contributed by atoms with Crippen molar-refractivity contribution in [2.75, 3.05) is 39.3 Å². The molecule has 0 saturated carbocycles. The highest BCUT2D eigenvalue weighted by atomic mass is 16.7. The van der Waals surface area contributed by atoms with Crippen molar-refractivity contribution >= 4 is 17.7 Å². The van der Waals surface area contributed by atoms with E-state index in [2.05, 4.69) is 0 Å². The number of ketones is 2. The molecule has 3 fully saturated rings. The second-order valence-electron chi connectivity index (χ2n) is 9.26. The molecule has 0 bridgehead atoms. The van der Waals surface area contributed by atoms with Crippen molar-refractivity contribution in [3.05, 3.63) is 53.0 Å². The van der Waals surface area contributed by atoms with E-state index in [0.717, 1.165) is 44.8 Å². The number of hydrogen-bond acceptors (Lipinski definition) is 8. The Bertz CT molecular complexity index is 991. The van der Waals surface area contributed by atoms with Crippen molar-refractivity contribution in [3.63, 3.8) is 0 Å². The van der Waals surface area contributed by atoms with Gasteiger partial charge >= 0.3 is 6.16 Å². The fourth-order valence-corrected chi connectivity index (χ4v) is 3.25. The fourth-order valence-electron chi connectivity index (χ4n) is 3.25. The molecular formula is C24H29N3O5. The van der Waals surface area contributed by atoms with Crippen molar-refractivity contribution in [1.82, 2.24) is 14.7 Å². The zero-order chi connectivity index (χ0) is 23.0. The van der Waals surface area contributed by atoms with Crippen LogP contribution >= 0.6 is 0 Å². The smallest absolute Gasteiger partial charge is 0.428 e.